The number of hydrogen-bond donors (Lipinski definition) is 2. The predicted octanol–water partition coefficient (Wildman–Crippen LogP) is 5.66. The van der Waals surface area contributed by atoms with Crippen molar-refractivity contribution in [3.63, 3.8) is 0 Å². The van der Waals surface area contributed by atoms with Gasteiger partial charge in [0.2, 0.25) is 0 Å². The van der Waals surface area contributed by atoms with Crippen molar-refractivity contribution in [2.75, 3.05) is 10.0 Å². The van der Waals surface area contributed by atoms with E-state index in [1.165, 1.54) is 30.3 Å². The first-order valence-corrected chi connectivity index (χ1v) is 10.9. The molecule has 150 valence electrons. The Kier molecular flexibility index (Phi) is 6.17. The summed E-state index contributed by atoms with van der Waals surface area (Å²) in [5.74, 6) is -0.423. The quantitative estimate of drug-likeness (QED) is 0.528. The molecule has 2 N–H and O–H groups in total. The smallest absolute Gasteiger partial charge is 0.261 e. The number of hydrogen-bond acceptors (Lipinski definition) is 3. The van der Waals surface area contributed by atoms with Gasteiger partial charge in [-0.2, -0.15) is 0 Å². The van der Waals surface area contributed by atoms with Crippen LogP contribution in [0.4, 0.5) is 11.4 Å². The molecule has 0 spiro atoms. The van der Waals surface area contributed by atoms with Gasteiger partial charge in [0.25, 0.3) is 15.9 Å². The minimum atomic E-state index is -3.76. The van der Waals surface area contributed by atoms with E-state index in [4.69, 9.17) is 23.2 Å². The summed E-state index contributed by atoms with van der Waals surface area (Å²) in [6.07, 6.45) is 0. The lowest BCUT2D eigenvalue weighted by Gasteiger charge is -2.12. The number of rotatable bonds is 5. The maximum Gasteiger partial charge on any atom is 0.261 e. The van der Waals surface area contributed by atoms with Crippen LogP contribution in [0.3, 0.4) is 0 Å². The first-order valence-electron chi connectivity index (χ1n) is 8.63. The monoisotopic (exact) mass is 448 g/mol. The molecule has 0 unspecified atom stereocenters. The first-order chi connectivity index (χ1) is 13.7. The van der Waals surface area contributed by atoms with Crippen molar-refractivity contribution < 1.29 is 13.2 Å². The van der Waals surface area contributed by atoms with E-state index in [0.717, 1.165) is 11.1 Å². The second-order valence-electron chi connectivity index (χ2n) is 6.48. The molecule has 1 amide bonds. The lowest BCUT2D eigenvalue weighted by molar-refractivity contribution is 0.102. The maximum atomic E-state index is 12.6. The second kappa shape index (κ2) is 8.45. The van der Waals surface area contributed by atoms with Crippen molar-refractivity contribution in [1.29, 1.82) is 0 Å². The number of aryl methyl sites for hydroxylation is 1. The third kappa shape index (κ3) is 4.90. The molecule has 29 heavy (non-hydrogen) atoms. The Labute approximate surface area is 179 Å². The van der Waals surface area contributed by atoms with Gasteiger partial charge in [0.1, 0.15) is 0 Å². The van der Waals surface area contributed by atoms with Gasteiger partial charge in [0.05, 0.1) is 21.2 Å². The van der Waals surface area contributed by atoms with Crippen molar-refractivity contribution in [1.82, 2.24) is 0 Å². The molecule has 0 atom stereocenters. The van der Waals surface area contributed by atoms with Crippen molar-refractivity contribution >= 4 is 50.5 Å². The molecule has 0 fully saturated rings. The van der Waals surface area contributed by atoms with Crippen LogP contribution in [0.2, 0.25) is 10.0 Å². The Bertz CT molecular complexity index is 1180. The summed E-state index contributed by atoms with van der Waals surface area (Å²) in [5, 5.41) is 3.41. The number of nitrogens with one attached hydrogen (secondary N) is 2. The first kappa shape index (κ1) is 21.2. The number of amides is 1. The Balaban J connectivity index is 1.80. The van der Waals surface area contributed by atoms with E-state index in [-0.39, 0.29) is 21.2 Å². The van der Waals surface area contributed by atoms with Crippen LogP contribution >= 0.6 is 23.2 Å². The highest BCUT2D eigenvalue weighted by Gasteiger charge is 2.17. The van der Waals surface area contributed by atoms with Crippen LogP contribution in [-0.2, 0) is 10.0 Å². The van der Waals surface area contributed by atoms with Gasteiger partial charge in [0, 0.05) is 10.7 Å². The molecule has 0 aliphatic rings. The highest BCUT2D eigenvalue weighted by atomic mass is 35.5. The summed E-state index contributed by atoms with van der Waals surface area (Å²) in [6.45, 7) is 3.67. The zero-order valence-electron chi connectivity index (χ0n) is 15.7. The van der Waals surface area contributed by atoms with Gasteiger partial charge in [-0.3, -0.25) is 9.52 Å². The van der Waals surface area contributed by atoms with Crippen LogP contribution in [-0.4, -0.2) is 14.3 Å². The van der Waals surface area contributed by atoms with Crippen molar-refractivity contribution in [2.45, 2.75) is 18.7 Å². The van der Waals surface area contributed by atoms with Crippen LogP contribution in [0.1, 0.15) is 21.5 Å². The molecular weight excluding hydrogens is 431 g/mol. The lowest BCUT2D eigenvalue weighted by atomic mass is 10.1. The van der Waals surface area contributed by atoms with Gasteiger partial charge in [-0.1, -0.05) is 47.0 Å². The largest absolute Gasteiger partial charge is 0.322 e. The van der Waals surface area contributed by atoms with Crippen molar-refractivity contribution in [3.05, 3.63) is 87.4 Å². The second-order valence-corrected chi connectivity index (χ2v) is 8.98. The zero-order chi connectivity index (χ0) is 21.2. The van der Waals surface area contributed by atoms with Crippen LogP contribution in [0, 0.1) is 13.8 Å². The van der Waals surface area contributed by atoms with E-state index in [9.17, 15) is 13.2 Å². The molecule has 8 heteroatoms. The fourth-order valence-corrected chi connectivity index (χ4v) is 4.12. The van der Waals surface area contributed by atoms with Crippen LogP contribution in [0.15, 0.2) is 65.6 Å². The molecule has 5 nitrogen and oxygen atoms in total. The summed E-state index contributed by atoms with van der Waals surface area (Å²) in [7, 11) is -3.76. The number of benzene rings is 3. The number of sulfonamides is 1. The molecular formula is C21H18Cl2N2O3S. The van der Waals surface area contributed by atoms with Gasteiger partial charge < -0.3 is 5.32 Å². The highest BCUT2D eigenvalue weighted by Crippen LogP contribution is 2.27. The Morgan fingerprint density at radius 3 is 2.24 bits per heavy atom. The van der Waals surface area contributed by atoms with E-state index >= 15 is 0 Å². The molecule has 0 radical (unpaired) electrons. The molecule has 0 heterocycles. The minimum absolute atomic E-state index is 0.117. The summed E-state index contributed by atoms with van der Waals surface area (Å²) in [6, 6.07) is 16.0. The molecule has 0 bridgehead atoms. The summed E-state index contributed by atoms with van der Waals surface area (Å²) in [4.78, 5) is 12.7. The normalized spacial score (nSPS) is 11.2. The predicted molar refractivity (Wildman–Crippen MR) is 118 cm³/mol. The summed E-state index contributed by atoms with van der Waals surface area (Å²) >= 11 is 12.3. The molecule has 0 aromatic heterocycles. The number of carbonyl (C=O) groups is 1. The highest BCUT2D eigenvalue weighted by molar-refractivity contribution is 7.92. The fraction of sp³-hybridized carbons (Fsp3) is 0.0952. The molecule has 3 aromatic carbocycles. The third-order valence-corrected chi connectivity index (χ3v) is 6.43. The molecule has 0 aliphatic heterocycles. The Morgan fingerprint density at radius 2 is 1.59 bits per heavy atom. The van der Waals surface area contributed by atoms with Gasteiger partial charge in [-0.15, -0.1) is 0 Å². The van der Waals surface area contributed by atoms with E-state index < -0.39 is 15.9 Å². The van der Waals surface area contributed by atoms with E-state index in [0.29, 0.717) is 10.7 Å². The summed E-state index contributed by atoms with van der Waals surface area (Å²) in [5.41, 5.74) is 2.73. The average Bonchev–Trinajstić information content (AvgIpc) is 2.65. The van der Waals surface area contributed by atoms with Crippen LogP contribution in [0.5, 0.6) is 0 Å². The lowest BCUT2D eigenvalue weighted by Crippen LogP contribution is -2.15. The Hall–Kier alpha value is -2.54. The van der Waals surface area contributed by atoms with Gasteiger partial charge in [0.15, 0.2) is 0 Å². The zero-order valence-corrected chi connectivity index (χ0v) is 18.0. The van der Waals surface area contributed by atoms with Gasteiger partial charge in [-0.25, -0.2) is 8.42 Å². The molecule has 0 saturated heterocycles. The van der Waals surface area contributed by atoms with E-state index in [1.807, 2.05) is 6.92 Å². The summed E-state index contributed by atoms with van der Waals surface area (Å²) < 4.78 is 27.5. The number of anilines is 2. The minimum Gasteiger partial charge on any atom is -0.322 e. The molecule has 3 aromatic rings. The Morgan fingerprint density at radius 1 is 0.897 bits per heavy atom. The average molecular weight is 449 g/mol. The van der Waals surface area contributed by atoms with Crippen LogP contribution in [0.25, 0.3) is 0 Å². The van der Waals surface area contributed by atoms with Crippen molar-refractivity contribution in [3.8, 4) is 0 Å². The molecule has 0 aliphatic carbocycles. The standard InChI is InChI=1S/C21H18Cl2N2O3S/c1-13-6-9-16(10-7-13)29(27,28)25-15-8-11-17(19(23)12-15)21(26)24-20-5-3-4-18(22)14(20)2/h3-12,25H,1-2H3,(H,24,26). The van der Waals surface area contributed by atoms with Gasteiger partial charge >= 0.3 is 0 Å². The van der Waals surface area contributed by atoms with E-state index in [1.54, 1.807) is 37.3 Å². The maximum absolute atomic E-state index is 12.6. The fourth-order valence-electron chi connectivity index (χ4n) is 2.63. The van der Waals surface area contributed by atoms with E-state index in [2.05, 4.69) is 10.0 Å². The van der Waals surface area contributed by atoms with Crippen molar-refractivity contribution in [2.24, 2.45) is 0 Å². The third-order valence-electron chi connectivity index (χ3n) is 4.31. The van der Waals surface area contributed by atoms with Gasteiger partial charge in [-0.05, 0) is 61.9 Å². The molecule has 0 saturated carbocycles. The number of halogens is 2. The molecule has 3 rings (SSSR count). The SMILES string of the molecule is Cc1ccc(S(=O)(=O)Nc2ccc(C(=O)Nc3cccc(Cl)c3C)c(Cl)c2)cc1. The van der Waals surface area contributed by atoms with Crippen LogP contribution < -0.4 is 10.0 Å². The number of carbonyl (C=O) groups excluding carboxylic acids is 1. The topological polar surface area (TPSA) is 75.3 Å².